The standard InChI is InChI=1S/C20H22O6/c1-6-10(2)18(22)25-15-9-20(5)16(21)8-13(26-20)11(3)7-14-17(15)12(4)19(23)24-14/h6-8,14-15,17H,4,9H2,1-3,5H3/b10-6+,11-7-/t14-,15-,17+,20-/m1/s1. The number of rotatable bonds is 2. The molecule has 3 heterocycles. The third kappa shape index (κ3) is 2.89. The molecule has 0 amide bonds. The van der Waals surface area contributed by atoms with Gasteiger partial charge in [0, 0.05) is 23.6 Å². The predicted molar refractivity (Wildman–Crippen MR) is 92.8 cm³/mol. The highest BCUT2D eigenvalue weighted by Gasteiger charge is 2.51. The van der Waals surface area contributed by atoms with Crippen molar-refractivity contribution in [3.63, 3.8) is 0 Å². The summed E-state index contributed by atoms with van der Waals surface area (Å²) in [5.74, 6) is -1.35. The van der Waals surface area contributed by atoms with Crippen LogP contribution in [0.5, 0.6) is 0 Å². The topological polar surface area (TPSA) is 78.9 Å². The first-order valence-corrected chi connectivity index (χ1v) is 8.54. The zero-order valence-electron chi connectivity index (χ0n) is 15.3. The molecule has 3 rings (SSSR count). The Hall–Kier alpha value is -2.63. The highest BCUT2D eigenvalue weighted by molar-refractivity contribution is 6.00. The number of fused-ring (bicyclic) bond motifs is 3. The van der Waals surface area contributed by atoms with Gasteiger partial charge < -0.3 is 14.2 Å². The fourth-order valence-corrected chi connectivity index (χ4v) is 3.41. The summed E-state index contributed by atoms with van der Waals surface area (Å²) in [6.07, 6.45) is 3.50. The second-order valence-electron chi connectivity index (χ2n) is 7.10. The van der Waals surface area contributed by atoms with Crippen LogP contribution >= 0.6 is 0 Å². The van der Waals surface area contributed by atoms with Crippen molar-refractivity contribution in [3.05, 3.63) is 47.3 Å². The molecule has 3 aliphatic rings. The van der Waals surface area contributed by atoms with E-state index in [1.807, 2.05) is 0 Å². The maximum atomic E-state index is 12.5. The molecule has 0 aromatic rings. The minimum atomic E-state index is -1.17. The molecule has 6 heteroatoms. The molecule has 3 aliphatic heterocycles. The Morgan fingerprint density at radius 2 is 2.12 bits per heavy atom. The number of hydrogen-bond acceptors (Lipinski definition) is 6. The van der Waals surface area contributed by atoms with Crippen molar-refractivity contribution in [1.82, 2.24) is 0 Å². The van der Waals surface area contributed by atoms with Crippen molar-refractivity contribution in [3.8, 4) is 0 Å². The summed E-state index contributed by atoms with van der Waals surface area (Å²) in [6.45, 7) is 10.6. The molecule has 1 saturated heterocycles. The monoisotopic (exact) mass is 358 g/mol. The number of carbonyl (C=O) groups is 3. The zero-order chi connectivity index (χ0) is 19.2. The van der Waals surface area contributed by atoms with Crippen LogP contribution in [0.3, 0.4) is 0 Å². The van der Waals surface area contributed by atoms with Crippen LogP contribution in [0.1, 0.15) is 34.1 Å². The molecule has 0 unspecified atom stereocenters. The highest BCUT2D eigenvalue weighted by Crippen LogP contribution is 2.42. The lowest BCUT2D eigenvalue weighted by molar-refractivity contribution is -0.153. The molecule has 26 heavy (non-hydrogen) atoms. The second-order valence-corrected chi connectivity index (χ2v) is 7.10. The lowest BCUT2D eigenvalue weighted by atomic mass is 9.82. The summed E-state index contributed by atoms with van der Waals surface area (Å²) in [4.78, 5) is 36.9. The molecule has 0 aliphatic carbocycles. The number of hydrogen-bond donors (Lipinski definition) is 0. The van der Waals surface area contributed by atoms with Crippen LogP contribution in [0, 0.1) is 5.92 Å². The van der Waals surface area contributed by atoms with Gasteiger partial charge in [-0.2, -0.15) is 0 Å². The van der Waals surface area contributed by atoms with E-state index >= 15 is 0 Å². The van der Waals surface area contributed by atoms with Crippen LogP contribution < -0.4 is 0 Å². The van der Waals surface area contributed by atoms with E-state index in [4.69, 9.17) is 14.2 Å². The molecular formula is C20H22O6. The van der Waals surface area contributed by atoms with Gasteiger partial charge in [0.2, 0.25) is 5.78 Å². The molecule has 6 nitrogen and oxygen atoms in total. The van der Waals surface area contributed by atoms with Crippen molar-refractivity contribution in [2.24, 2.45) is 5.92 Å². The summed E-state index contributed by atoms with van der Waals surface area (Å²) < 4.78 is 17.0. The SMILES string of the molecule is C=C1C(=O)O[C@@H]2/C=C(/C)C3=CC(=O)[C@@](C)(C[C@@H](OC(=O)/C(C)=C/C)[C@@H]12)O3. The third-order valence-electron chi connectivity index (χ3n) is 5.19. The second kappa shape index (κ2) is 6.27. The van der Waals surface area contributed by atoms with Crippen molar-refractivity contribution in [2.75, 3.05) is 0 Å². The summed E-state index contributed by atoms with van der Waals surface area (Å²) >= 11 is 0. The lowest BCUT2D eigenvalue weighted by Crippen LogP contribution is -2.42. The first kappa shape index (κ1) is 18.2. The van der Waals surface area contributed by atoms with Crippen molar-refractivity contribution >= 4 is 17.7 Å². The van der Waals surface area contributed by atoms with Crippen LogP contribution in [0.4, 0.5) is 0 Å². The molecule has 2 bridgehead atoms. The molecule has 0 aromatic carbocycles. The van der Waals surface area contributed by atoms with Crippen LogP contribution in [0.25, 0.3) is 0 Å². The number of allylic oxidation sites excluding steroid dienone is 2. The summed E-state index contributed by atoms with van der Waals surface area (Å²) in [6, 6.07) is 0. The van der Waals surface area contributed by atoms with Gasteiger partial charge in [-0.1, -0.05) is 12.7 Å². The third-order valence-corrected chi connectivity index (χ3v) is 5.19. The van der Waals surface area contributed by atoms with E-state index in [2.05, 4.69) is 6.58 Å². The van der Waals surface area contributed by atoms with E-state index in [1.54, 1.807) is 39.8 Å². The summed E-state index contributed by atoms with van der Waals surface area (Å²) in [7, 11) is 0. The molecular weight excluding hydrogens is 336 g/mol. The van der Waals surface area contributed by atoms with Gasteiger partial charge in [-0.15, -0.1) is 0 Å². The molecule has 1 fully saturated rings. The van der Waals surface area contributed by atoms with Gasteiger partial charge in [0.25, 0.3) is 0 Å². The average molecular weight is 358 g/mol. The van der Waals surface area contributed by atoms with Gasteiger partial charge in [-0.25, -0.2) is 9.59 Å². The van der Waals surface area contributed by atoms with Crippen molar-refractivity contribution in [2.45, 2.75) is 51.9 Å². The van der Waals surface area contributed by atoms with Gasteiger partial charge in [0.1, 0.15) is 18.0 Å². The van der Waals surface area contributed by atoms with Crippen LogP contribution in [-0.2, 0) is 28.6 Å². The molecule has 0 saturated carbocycles. The Kier molecular flexibility index (Phi) is 4.38. The lowest BCUT2D eigenvalue weighted by Gasteiger charge is -2.31. The quantitative estimate of drug-likeness (QED) is 0.558. The van der Waals surface area contributed by atoms with Crippen LogP contribution in [0.2, 0.25) is 0 Å². The Morgan fingerprint density at radius 3 is 2.77 bits per heavy atom. The number of ether oxygens (including phenoxy) is 3. The largest absolute Gasteiger partial charge is 0.479 e. The van der Waals surface area contributed by atoms with Gasteiger partial charge >= 0.3 is 11.9 Å². The van der Waals surface area contributed by atoms with E-state index in [-0.39, 0.29) is 17.8 Å². The Morgan fingerprint density at radius 1 is 1.42 bits per heavy atom. The molecule has 0 aromatic heterocycles. The zero-order valence-corrected chi connectivity index (χ0v) is 15.3. The fraction of sp³-hybridized carbons (Fsp3) is 0.450. The molecule has 0 N–H and O–H groups in total. The Bertz CT molecular complexity index is 799. The number of ketones is 1. The summed E-state index contributed by atoms with van der Waals surface area (Å²) in [5.41, 5.74) is 0.195. The van der Waals surface area contributed by atoms with E-state index < -0.39 is 35.7 Å². The number of carbonyl (C=O) groups excluding carboxylic acids is 3. The van der Waals surface area contributed by atoms with E-state index in [9.17, 15) is 14.4 Å². The molecule has 0 spiro atoms. The molecule has 138 valence electrons. The van der Waals surface area contributed by atoms with E-state index in [1.165, 1.54) is 6.08 Å². The normalized spacial score (nSPS) is 35.9. The maximum absolute atomic E-state index is 12.5. The first-order chi connectivity index (χ1) is 12.2. The minimum absolute atomic E-state index is 0.104. The average Bonchev–Trinajstić information content (AvgIpc) is 3.03. The minimum Gasteiger partial charge on any atom is -0.479 e. The Labute approximate surface area is 152 Å². The molecule has 4 atom stereocenters. The maximum Gasteiger partial charge on any atom is 0.334 e. The van der Waals surface area contributed by atoms with E-state index in [0.717, 1.165) is 0 Å². The van der Waals surface area contributed by atoms with Crippen LogP contribution in [-0.4, -0.2) is 35.5 Å². The van der Waals surface area contributed by atoms with Gasteiger partial charge in [-0.05, 0) is 39.3 Å². The van der Waals surface area contributed by atoms with Gasteiger partial charge in [0.05, 0.1) is 5.92 Å². The van der Waals surface area contributed by atoms with Gasteiger partial charge in [0.15, 0.2) is 5.60 Å². The van der Waals surface area contributed by atoms with E-state index in [0.29, 0.717) is 16.9 Å². The first-order valence-electron chi connectivity index (χ1n) is 8.54. The van der Waals surface area contributed by atoms with Gasteiger partial charge in [-0.3, -0.25) is 4.79 Å². The number of esters is 2. The predicted octanol–water partition coefficient (Wildman–Crippen LogP) is 2.55. The summed E-state index contributed by atoms with van der Waals surface area (Å²) in [5, 5.41) is 0. The smallest absolute Gasteiger partial charge is 0.334 e. The fourth-order valence-electron chi connectivity index (χ4n) is 3.41. The van der Waals surface area contributed by atoms with Crippen molar-refractivity contribution in [1.29, 1.82) is 0 Å². The van der Waals surface area contributed by atoms with Crippen molar-refractivity contribution < 1.29 is 28.6 Å². The Balaban J connectivity index is 2.05. The van der Waals surface area contributed by atoms with Crippen LogP contribution in [0.15, 0.2) is 47.3 Å². The molecule has 0 radical (unpaired) electrons. The highest BCUT2D eigenvalue weighted by atomic mass is 16.6.